The van der Waals surface area contributed by atoms with Gasteiger partial charge in [-0.1, -0.05) is 0 Å². The lowest BCUT2D eigenvalue weighted by molar-refractivity contribution is -0.147. The highest BCUT2D eigenvalue weighted by Gasteiger charge is 2.26. The molecule has 0 saturated carbocycles. The van der Waals surface area contributed by atoms with Gasteiger partial charge < -0.3 is 14.3 Å². The van der Waals surface area contributed by atoms with Gasteiger partial charge in [-0.05, 0) is 50.6 Å². The number of ether oxygens (including phenoxy) is 1. The molecule has 0 amide bonds. The minimum absolute atomic E-state index is 0.0389. The van der Waals surface area contributed by atoms with Crippen LogP contribution in [0.4, 0.5) is 0 Å². The normalized spacial score (nSPS) is 16.4. The number of carbonyl (C=O) groups excluding carboxylic acids is 1. The molecule has 6 nitrogen and oxygen atoms in total. The number of hydrogen-bond acceptors (Lipinski definition) is 6. The van der Waals surface area contributed by atoms with Crippen LogP contribution in [-0.2, 0) is 16.1 Å². The second-order valence-corrected chi connectivity index (χ2v) is 6.25. The van der Waals surface area contributed by atoms with E-state index in [1.54, 1.807) is 19.1 Å². The second-order valence-electron chi connectivity index (χ2n) is 6.25. The molecule has 1 N–H and O–H groups in total. The summed E-state index contributed by atoms with van der Waals surface area (Å²) in [7, 11) is 1.42. The number of piperidine rings is 1. The lowest BCUT2D eigenvalue weighted by Crippen LogP contribution is -2.36. The van der Waals surface area contributed by atoms with Gasteiger partial charge in [-0.3, -0.25) is 9.69 Å². The number of nitrogens with zero attached hydrogens (tertiary/aromatic N) is 1. The van der Waals surface area contributed by atoms with Gasteiger partial charge >= 0.3 is 11.6 Å². The molecule has 0 spiro atoms. The third-order valence-electron chi connectivity index (χ3n) is 4.73. The number of methoxy groups -OCH3 is 1. The van der Waals surface area contributed by atoms with Gasteiger partial charge in [-0.15, -0.1) is 0 Å². The van der Waals surface area contributed by atoms with Crippen LogP contribution in [0.15, 0.2) is 27.4 Å². The summed E-state index contributed by atoms with van der Waals surface area (Å²) in [6, 6.07) is 4.90. The van der Waals surface area contributed by atoms with E-state index in [0.717, 1.165) is 36.9 Å². The number of fused-ring (bicyclic) bond motifs is 1. The molecule has 1 fully saturated rings. The third kappa shape index (κ3) is 3.14. The Hall–Kier alpha value is -2.34. The van der Waals surface area contributed by atoms with Crippen molar-refractivity contribution in [3.8, 4) is 5.75 Å². The quantitative estimate of drug-likeness (QED) is 0.686. The molecule has 2 heterocycles. The van der Waals surface area contributed by atoms with E-state index in [9.17, 15) is 14.7 Å². The van der Waals surface area contributed by atoms with Crippen LogP contribution < -0.4 is 5.63 Å². The van der Waals surface area contributed by atoms with Gasteiger partial charge in [0, 0.05) is 23.6 Å². The number of aromatic hydroxyl groups is 1. The molecule has 0 aliphatic carbocycles. The number of phenolic OH excluding ortho intramolecular Hbond substituents is 1. The van der Waals surface area contributed by atoms with E-state index in [4.69, 9.17) is 9.15 Å². The van der Waals surface area contributed by atoms with Crippen molar-refractivity contribution >= 4 is 16.9 Å². The summed E-state index contributed by atoms with van der Waals surface area (Å²) in [5.41, 5.74) is 1.45. The molecule has 3 rings (SSSR count). The molecule has 1 saturated heterocycles. The summed E-state index contributed by atoms with van der Waals surface area (Å²) in [5, 5.41) is 10.6. The molecule has 1 aliphatic heterocycles. The highest BCUT2D eigenvalue weighted by Crippen LogP contribution is 2.28. The molecule has 24 heavy (non-hydrogen) atoms. The van der Waals surface area contributed by atoms with E-state index in [0.29, 0.717) is 17.7 Å². The van der Waals surface area contributed by atoms with Crippen molar-refractivity contribution in [2.75, 3.05) is 20.2 Å². The summed E-state index contributed by atoms with van der Waals surface area (Å²) in [5.74, 6) is -0.0729. The molecule has 128 valence electrons. The number of carbonyl (C=O) groups is 1. The highest BCUT2D eigenvalue weighted by molar-refractivity contribution is 5.84. The van der Waals surface area contributed by atoms with E-state index in [1.165, 1.54) is 13.2 Å². The van der Waals surface area contributed by atoms with Gasteiger partial charge in [-0.25, -0.2) is 4.79 Å². The Morgan fingerprint density at radius 3 is 2.75 bits per heavy atom. The van der Waals surface area contributed by atoms with Gasteiger partial charge in [0.1, 0.15) is 11.3 Å². The molecule has 0 bridgehead atoms. The fraction of sp³-hybridized carbons (Fsp3) is 0.444. The zero-order valence-corrected chi connectivity index (χ0v) is 13.9. The molecule has 6 heteroatoms. The summed E-state index contributed by atoms with van der Waals surface area (Å²) in [6.45, 7) is 3.89. The molecular weight excluding hydrogens is 310 g/mol. The Morgan fingerprint density at radius 2 is 2.08 bits per heavy atom. The van der Waals surface area contributed by atoms with Crippen LogP contribution in [0.2, 0.25) is 0 Å². The first-order valence-electron chi connectivity index (χ1n) is 8.05. The number of benzene rings is 1. The van der Waals surface area contributed by atoms with Crippen molar-refractivity contribution in [2.45, 2.75) is 26.3 Å². The monoisotopic (exact) mass is 331 g/mol. The van der Waals surface area contributed by atoms with E-state index in [1.807, 2.05) is 0 Å². The average molecular weight is 331 g/mol. The van der Waals surface area contributed by atoms with Crippen LogP contribution in [0.1, 0.15) is 24.0 Å². The predicted octanol–water partition coefficient (Wildman–Crippen LogP) is 2.19. The zero-order valence-electron chi connectivity index (χ0n) is 13.9. The van der Waals surface area contributed by atoms with Crippen molar-refractivity contribution in [2.24, 2.45) is 5.92 Å². The summed E-state index contributed by atoms with van der Waals surface area (Å²) < 4.78 is 10.1. The Bertz CT molecular complexity index is 818. The van der Waals surface area contributed by atoms with Gasteiger partial charge in [0.05, 0.1) is 13.0 Å². The van der Waals surface area contributed by atoms with Gasteiger partial charge in [0.2, 0.25) is 0 Å². The standard InChI is InChI=1S/C18H21NO5/c1-11-15(20)4-3-14-13(9-16(21)24-17(11)14)10-19-7-5-12(6-8-19)18(22)23-2/h3-4,9,12,20H,5-8,10H2,1-2H3. The number of esters is 1. The maximum Gasteiger partial charge on any atom is 0.336 e. The smallest absolute Gasteiger partial charge is 0.336 e. The first-order valence-corrected chi connectivity index (χ1v) is 8.05. The Morgan fingerprint density at radius 1 is 1.38 bits per heavy atom. The predicted molar refractivity (Wildman–Crippen MR) is 88.9 cm³/mol. The first-order chi connectivity index (χ1) is 11.5. The fourth-order valence-corrected chi connectivity index (χ4v) is 3.28. The fourth-order valence-electron chi connectivity index (χ4n) is 3.28. The molecule has 1 aliphatic rings. The van der Waals surface area contributed by atoms with Crippen molar-refractivity contribution in [3.63, 3.8) is 0 Å². The first kappa shape index (κ1) is 16.5. The Balaban J connectivity index is 1.83. The zero-order chi connectivity index (χ0) is 17.3. The molecule has 0 atom stereocenters. The van der Waals surface area contributed by atoms with Crippen LogP contribution in [-0.4, -0.2) is 36.2 Å². The molecule has 1 aromatic carbocycles. The van der Waals surface area contributed by atoms with Crippen LogP contribution in [0.25, 0.3) is 11.0 Å². The summed E-state index contributed by atoms with van der Waals surface area (Å²) >= 11 is 0. The number of aryl methyl sites for hydroxylation is 1. The Kier molecular flexibility index (Phi) is 4.57. The second kappa shape index (κ2) is 6.65. The maximum atomic E-state index is 11.9. The van der Waals surface area contributed by atoms with Crippen molar-refractivity contribution in [3.05, 3.63) is 39.7 Å². The number of phenols is 1. The maximum absolute atomic E-state index is 11.9. The van der Waals surface area contributed by atoms with Crippen molar-refractivity contribution in [1.29, 1.82) is 0 Å². The van der Waals surface area contributed by atoms with E-state index in [2.05, 4.69) is 4.90 Å². The summed E-state index contributed by atoms with van der Waals surface area (Å²) in [4.78, 5) is 25.7. The number of likely N-dealkylation sites (tertiary alicyclic amines) is 1. The summed E-state index contributed by atoms with van der Waals surface area (Å²) in [6.07, 6.45) is 1.51. The van der Waals surface area contributed by atoms with Crippen LogP contribution in [0, 0.1) is 12.8 Å². The lowest BCUT2D eigenvalue weighted by atomic mass is 9.96. The minimum Gasteiger partial charge on any atom is -0.508 e. The third-order valence-corrected chi connectivity index (χ3v) is 4.73. The van der Waals surface area contributed by atoms with Crippen LogP contribution >= 0.6 is 0 Å². The lowest BCUT2D eigenvalue weighted by Gasteiger charge is -2.30. The van der Waals surface area contributed by atoms with Gasteiger partial charge in [0.15, 0.2) is 0 Å². The largest absolute Gasteiger partial charge is 0.508 e. The SMILES string of the molecule is COC(=O)C1CCN(Cc2cc(=O)oc3c(C)c(O)ccc23)CC1. The molecular formula is C18H21NO5. The van der Waals surface area contributed by atoms with Gasteiger partial charge in [0.25, 0.3) is 0 Å². The van der Waals surface area contributed by atoms with Crippen LogP contribution in [0.5, 0.6) is 5.75 Å². The number of hydrogen-bond donors (Lipinski definition) is 1. The topological polar surface area (TPSA) is 80.0 Å². The molecule has 0 unspecified atom stereocenters. The van der Waals surface area contributed by atoms with E-state index < -0.39 is 5.63 Å². The molecule has 0 radical (unpaired) electrons. The minimum atomic E-state index is -0.421. The number of rotatable bonds is 3. The van der Waals surface area contributed by atoms with Gasteiger partial charge in [-0.2, -0.15) is 0 Å². The highest BCUT2D eigenvalue weighted by atomic mass is 16.5. The van der Waals surface area contributed by atoms with Crippen molar-refractivity contribution in [1.82, 2.24) is 4.90 Å². The average Bonchev–Trinajstić information content (AvgIpc) is 2.58. The van der Waals surface area contributed by atoms with E-state index >= 15 is 0 Å². The van der Waals surface area contributed by atoms with Crippen molar-refractivity contribution < 1.29 is 19.1 Å². The Labute approximate surface area is 139 Å². The molecule has 2 aromatic rings. The molecule has 1 aromatic heterocycles. The van der Waals surface area contributed by atoms with Crippen LogP contribution in [0.3, 0.4) is 0 Å². The van der Waals surface area contributed by atoms with E-state index in [-0.39, 0.29) is 17.6 Å².